The molecule has 29 heavy (non-hydrogen) atoms. The molecular formula is C22H24N4O3. The van der Waals surface area contributed by atoms with Crippen LogP contribution in [0.2, 0.25) is 0 Å². The number of hydrogen-bond acceptors (Lipinski definition) is 4. The van der Waals surface area contributed by atoms with Crippen molar-refractivity contribution in [3.05, 3.63) is 72.1 Å². The Hall–Kier alpha value is -3.61. The molecule has 0 aliphatic carbocycles. The van der Waals surface area contributed by atoms with E-state index in [0.29, 0.717) is 12.1 Å². The minimum absolute atomic E-state index is 0.0356. The first-order chi connectivity index (χ1) is 14.0. The van der Waals surface area contributed by atoms with Crippen LogP contribution < -0.4 is 15.4 Å². The lowest BCUT2D eigenvalue weighted by atomic mass is 10.1. The first kappa shape index (κ1) is 20.1. The van der Waals surface area contributed by atoms with Crippen LogP contribution in [-0.4, -0.2) is 28.7 Å². The molecule has 0 saturated carbocycles. The van der Waals surface area contributed by atoms with Gasteiger partial charge in [-0.2, -0.15) is 5.10 Å². The number of amides is 2. The Kier molecular flexibility index (Phi) is 6.29. The van der Waals surface area contributed by atoms with E-state index in [1.54, 1.807) is 31.0 Å². The second-order valence-electron chi connectivity index (χ2n) is 6.56. The maximum atomic E-state index is 12.6. The maximum absolute atomic E-state index is 12.6. The summed E-state index contributed by atoms with van der Waals surface area (Å²) in [6.07, 6.45) is 2.17. The minimum Gasteiger partial charge on any atom is -0.497 e. The third kappa shape index (κ3) is 5.01. The largest absolute Gasteiger partial charge is 0.497 e. The molecule has 2 N–H and O–H groups in total. The fraction of sp³-hybridized carbons (Fsp3) is 0.227. The van der Waals surface area contributed by atoms with Gasteiger partial charge >= 0.3 is 0 Å². The smallest absolute Gasteiger partial charge is 0.272 e. The maximum Gasteiger partial charge on any atom is 0.272 e. The van der Waals surface area contributed by atoms with Crippen LogP contribution in [0.3, 0.4) is 0 Å². The first-order valence-corrected chi connectivity index (χ1v) is 9.41. The Morgan fingerprint density at radius 3 is 2.38 bits per heavy atom. The van der Waals surface area contributed by atoms with Crippen LogP contribution in [0.1, 0.15) is 42.4 Å². The third-order valence-corrected chi connectivity index (χ3v) is 4.52. The van der Waals surface area contributed by atoms with Crippen molar-refractivity contribution < 1.29 is 14.3 Å². The van der Waals surface area contributed by atoms with Crippen LogP contribution in [0.5, 0.6) is 5.75 Å². The number of aromatic nitrogens is 2. The number of nitrogens with one attached hydrogen (secondary N) is 2. The van der Waals surface area contributed by atoms with Gasteiger partial charge in [0.2, 0.25) is 5.91 Å². The van der Waals surface area contributed by atoms with E-state index in [4.69, 9.17) is 4.74 Å². The molecule has 1 atom stereocenters. The standard InChI is InChI=1S/C22H24N4O3/c1-4-21(27)24-17-7-5-16(6-8-17)15(2)23-22(28)20-13-14-26(25-20)18-9-11-19(29-3)12-10-18/h5-15H,4H2,1-3H3,(H,23,28)(H,24,27). The number of nitrogens with zero attached hydrogens (tertiary/aromatic N) is 2. The Labute approximate surface area is 169 Å². The van der Waals surface area contributed by atoms with E-state index in [1.807, 2.05) is 55.5 Å². The molecular weight excluding hydrogens is 368 g/mol. The minimum atomic E-state index is -0.256. The number of ether oxygens (including phenoxy) is 1. The number of hydrogen-bond donors (Lipinski definition) is 2. The molecule has 7 nitrogen and oxygen atoms in total. The van der Waals surface area contributed by atoms with Gasteiger partial charge in [0.05, 0.1) is 18.8 Å². The molecule has 0 bridgehead atoms. The molecule has 3 rings (SSSR count). The lowest BCUT2D eigenvalue weighted by molar-refractivity contribution is -0.115. The molecule has 0 fully saturated rings. The van der Waals surface area contributed by atoms with Gasteiger partial charge < -0.3 is 15.4 Å². The molecule has 0 aliphatic rings. The van der Waals surface area contributed by atoms with Gasteiger partial charge in [0.25, 0.3) is 5.91 Å². The molecule has 0 radical (unpaired) electrons. The van der Waals surface area contributed by atoms with Crippen LogP contribution in [0.4, 0.5) is 5.69 Å². The number of carbonyl (C=O) groups excluding carboxylic acids is 2. The summed E-state index contributed by atoms with van der Waals surface area (Å²) in [5.74, 6) is 0.465. The summed E-state index contributed by atoms with van der Waals surface area (Å²) >= 11 is 0. The van der Waals surface area contributed by atoms with Crippen molar-refractivity contribution in [3.8, 4) is 11.4 Å². The van der Waals surface area contributed by atoms with Crippen molar-refractivity contribution in [2.24, 2.45) is 0 Å². The highest BCUT2D eigenvalue weighted by molar-refractivity contribution is 5.92. The van der Waals surface area contributed by atoms with Gasteiger partial charge in [-0.25, -0.2) is 4.68 Å². The van der Waals surface area contributed by atoms with E-state index >= 15 is 0 Å². The van der Waals surface area contributed by atoms with Crippen molar-refractivity contribution in [1.82, 2.24) is 15.1 Å². The average Bonchev–Trinajstić information content (AvgIpc) is 3.24. The lowest BCUT2D eigenvalue weighted by Gasteiger charge is -2.14. The van der Waals surface area contributed by atoms with Gasteiger partial charge in [0.15, 0.2) is 5.69 Å². The molecule has 1 unspecified atom stereocenters. The zero-order valence-corrected chi connectivity index (χ0v) is 16.7. The summed E-state index contributed by atoms with van der Waals surface area (Å²) in [6, 6.07) is 16.3. The molecule has 2 aromatic carbocycles. The molecule has 2 amide bonds. The SMILES string of the molecule is CCC(=O)Nc1ccc(C(C)NC(=O)c2ccn(-c3ccc(OC)cc3)n2)cc1. The number of benzene rings is 2. The Morgan fingerprint density at radius 2 is 1.76 bits per heavy atom. The zero-order chi connectivity index (χ0) is 20.8. The summed E-state index contributed by atoms with van der Waals surface area (Å²) in [5.41, 5.74) is 2.84. The lowest BCUT2D eigenvalue weighted by Crippen LogP contribution is -2.27. The molecule has 0 saturated heterocycles. The molecule has 3 aromatic rings. The van der Waals surface area contributed by atoms with Gasteiger partial charge in [-0.3, -0.25) is 9.59 Å². The normalized spacial score (nSPS) is 11.6. The van der Waals surface area contributed by atoms with E-state index < -0.39 is 0 Å². The van der Waals surface area contributed by atoms with Gasteiger partial charge in [-0.05, 0) is 55.0 Å². The van der Waals surface area contributed by atoms with Crippen molar-refractivity contribution >= 4 is 17.5 Å². The van der Waals surface area contributed by atoms with Crippen LogP contribution in [0.25, 0.3) is 5.69 Å². The summed E-state index contributed by atoms with van der Waals surface area (Å²) in [7, 11) is 1.61. The Bertz CT molecular complexity index is 978. The molecule has 1 aromatic heterocycles. The van der Waals surface area contributed by atoms with Crippen LogP contribution in [-0.2, 0) is 4.79 Å². The number of anilines is 1. The van der Waals surface area contributed by atoms with Crippen molar-refractivity contribution in [2.45, 2.75) is 26.3 Å². The van der Waals surface area contributed by atoms with Crippen LogP contribution in [0.15, 0.2) is 60.8 Å². The van der Waals surface area contributed by atoms with Gasteiger partial charge in [-0.15, -0.1) is 0 Å². The molecule has 1 heterocycles. The van der Waals surface area contributed by atoms with Gasteiger partial charge in [0.1, 0.15) is 5.75 Å². The predicted octanol–water partition coefficient (Wildman–Crippen LogP) is 3.72. The average molecular weight is 392 g/mol. The van der Waals surface area contributed by atoms with E-state index in [-0.39, 0.29) is 17.9 Å². The van der Waals surface area contributed by atoms with E-state index in [2.05, 4.69) is 15.7 Å². The van der Waals surface area contributed by atoms with E-state index in [0.717, 1.165) is 22.7 Å². The summed E-state index contributed by atoms with van der Waals surface area (Å²) in [5, 5.41) is 10.1. The topological polar surface area (TPSA) is 85.2 Å². The van der Waals surface area contributed by atoms with E-state index in [9.17, 15) is 9.59 Å². The highest BCUT2D eigenvalue weighted by atomic mass is 16.5. The quantitative estimate of drug-likeness (QED) is 0.642. The zero-order valence-electron chi connectivity index (χ0n) is 16.7. The Morgan fingerprint density at radius 1 is 1.07 bits per heavy atom. The molecule has 0 spiro atoms. The van der Waals surface area contributed by atoms with Crippen molar-refractivity contribution in [3.63, 3.8) is 0 Å². The Balaban J connectivity index is 1.63. The monoisotopic (exact) mass is 392 g/mol. The third-order valence-electron chi connectivity index (χ3n) is 4.52. The van der Waals surface area contributed by atoms with Crippen molar-refractivity contribution in [2.75, 3.05) is 12.4 Å². The predicted molar refractivity (Wildman–Crippen MR) is 111 cm³/mol. The highest BCUT2D eigenvalue weighted by Gasteiger charge is 2.14. The summed E-state index contributed by atoms with van der Waals surface area (Å²) in [4.78, 5) is 24.0. The molecule has 7 heteroatoms. The van der Waals surface area contributed by atoms with Crippen LogP contribution >= 0.6 is 0 Å². The molecule has 150 valence electrons. The van der Waals surface area contributed by atoms with Gasteiger partial charge in [-0.1, -0.05) is 19.1 Å². The molecule has 0 aliphatic heterocycles. The highest BCUT2D eigenvalue weighted by Crippen LogP contribution is 2.18. The fourth-order valence-corrected chi connectivity index (χ4v) is 2.78. The number of rotatable bonds is 7. The fourth-order valence-electron chi connectivity index (χ4n) is 2.78. The first-order valence-electron chi connectivity index (χ1n) is 9.41. The second-order valence-corrected chi connectivity index (χ2v) is 6.56. The number of carbonyl (C=O) groups is 2. The van der Waals surface area contributed by atoms with E-state index in [1.165, 1.54) is 0 Å². The van der Waals surface area contributed by atoms with Crippen molar-refractivity contribution in [1.29, 1.82) is 0 Å². The van der Waals surface area contributed by atoms with Gasteiger partial charge in [0, 0.05) is 18.3 Å². The summed E-state index contributed by atoms with van der Waals surface area (Å²) < 4.78 is 6.79. The summed E-state index contributed by atoms with van der Waals surface area (Å²) in [6.45, 7) is 3.70. The van der Waals surface area contributed by atoms with Crippen LogP contribution in [0, 0.1) is 0 Å². The second kappa shape index (κ2) is 9.05. The number of methoxy groups -OCH3 is 1.